The van der Waals surface area contributed by atoms with E-state index in [0.717, 1.165) is 24.4 Å². The third-order valence-corrected chi connectivity index (χ3v) is 3.37. The van der Waals surface area contributed by atoms with E-state index in [-0.39, 0.29) is 11.7 Å². The molecule has 2 aromatic heterocycles. The van der Waals surface area contributed by atoms with Crippen molar-refractivity contribution in [2.45, 2.75) is 19.9 Å². The fourth-order valence-corrected chi connectivity index (χ4v) is 2.38. The van der Waals surface area contributed by atoms with Crippen LogP contribution < -0.4 is 10.6 Å². The highest BCUT2D eigenvalue weighted by atomic mass is 32.1. The van der Waals surface area contributed by atoms with Gasteiger partial charge in [0.2, 0.25) is 11.8 Å². The van der Waals surface area contributed by atoms with Crippen molar-refractivity contribution in [1.82, 2.24) is 19.7 Å². The predicted molar refractivity (Wildman–Crippen MR) is 67.9 cm³/mol. The van der Waals surface area contributed by atoms with Crippen LogP contribution in [-0.4, -0.2) is 32.2 Å². The minimum absolute atomic E-state index is 0.173. The normalized spacial score (nSPS) is 13.8. The molecule has 0 saturated carbocycles. The molecule has 2 N–H and O–H groups in total. The van der Waals surface area contributed by atoms with Crippen LogP contribution in [0.3, 0.4) is 0 Å². The number of fused-ring (bicyclic) bond motifs is 1. The summed E-state index contributed by atoms with van der Waals surface area (Å²) >= 11 is 1.42. The second-order valence-electron chi connectivity index (χ2n) is 3.99. The molecule has 94 valence electrons. The Morgan fingerprint density at radius 1 is 1.61 bits per heavy atom. The first-order valence-corrected chi connectivity index (χ1v) is 6.46. The summed E-state index contributed by atoms with van der Waals surface area (Å²) in [6.07, 6.45) is 2.70. The van der Waals surface area contributed by atoms with E-state index in [0.29, 0.717) is 11.1 Å². The van der Waals surface area contributed by atoms with Crippen LogP contribution in [0.2, 0.25) is 0 Å². The quantitative estimate of drug-likeness (QED) is 0.848. The van der Waals surface area contributed by atoms with E-state index in [1.807, 2.05) is 6.92 Å². The zero-order valence-corrected chi connectivity index (χ0v) is 10.6. The van der Waals surface area contributed by atoms with Crippen LogP contribution in [0.4, 0.5) is 11.1 Å². The average molecular weight is 264 g/mol. The topological polar surface area (TPSA) is 84.7 Å². The molecule has 0 bridgehead atoms. The van der Waals surface area contributed by atoms with E-state index >= 15 is 0 Å². The van der Waals surface area contributed by atoms with Crippen LogP contribution in [0.1, 0.15) is 21.9 Å². The Morgan fingerprint density at radius 3 is 3.22 bits per heavy atom. The number of aryl methyl sites for hydroxylation is 2. The standard InChI is InChI=1S/C10H12N6OS/c1-6-5-12-10(18-6)14-8(17)7-13-9-11-3-2-4-16(9)15-7/h5H,2-4H2,1H3,(H,11,13,15)(H,12,14,17). The van der Waals surface area contributed by atoms with Crippen LogP contribution >= 0.6 is 11.3 Å². The van der Waals surface area contributed by atoms with E-state index in [1.165, 1.54) is 11.3 Å². The van der Waals surface area contributed by atoms with Gasteiger partial charge in [-0.3, -0.25) is 10.1 Å². The van der Waals surface area contributed by atoms with Gasteiger partial charge in [0, 0.05) is 24.2 Å². The van der Waals surface area contributed by atoms with Crippen molar-refractivity contribution in [3.05, 3.63) is 16.9 Å². The number of aromatic nitrogens is 4. The number of amides is 1. The predicted octanol–water partition coefficient (Wildman–Crippen LogP) is 1.11. The Balaban J connectivity index is 1.78. The van der Waals surface area contributed by atoms with Crippen LogP contribution in [0, 0.1) is 6.92 Å². The monoisotopic (exact) mass is 264 g/mol. The van der Waals surface area contributed by atoms with E-state index in [4.69, 9.17) is 0 Å². The van der Waals surface area contributed by atoms with Crippen molar-refractivity contribution in [3.63, 3.8) is 0 Å². The molecule has 3 heterocycles. The second kappa shape index (κ2) is 4.37. The molecule has 0 aromatic carbocycles. The third kappa shape index (κ3) is 2.06. The molecule has 1 amide bonds. The van der Waals surface area contributed by atoms with E-state index in [2.05, 4.69) is 25.7 Å². The number of thiazole rings is 1. The molecule has 0 unspecified atom stereocenters. The van der Waals surface area contributed by atoms with Crippen LogP contribution in [0.5, 0.6) is 0 Å². The maximum atomic E-state index is 11.9. The van der Waals surface area contributed by atoms with Gasteiger partial charge in [0.25, 0.3) is 5.91 Å². The van der Waals surface area contributed by atoms with Crippen molar-refractivity contribution in [2.75, 3.05) is 17.2 Å². The van der Waals surface area contributed by atoms with Gasteiger partial charge in [0.15, 0.2) is 5.13 Å². The summed E-state index contributed by atoms with van der Waals surface area (Å²) in [5.41, 5.74) is 0. The lowest BCUT2D eigenvalue weighted by atomic mass is 10.4. The molecule has 0 saturated heterocycles. The van der Waals surface area contributed by atoms with Gasteiger partial charge < -0.3 is 5.32 Å². The first kappa shape index (κ1) is 11.1. The highest BCUT2D eigenvalue weighted by molar-refractivity contribution is 7.15. The van der Waals surface area contributed by atoms with E-state index < -0.39 is 0 Å². The maximum Gasteiger partial charge on any atom is 0.297 e. The number of carbonyl (C=O) groups excluding carboxylic acids is 1. The lowest BCUT2D eigenvalue weighted by Gasteiger charge is -2.12. The van der Waals surface area contributed by atoms with Gasteiger partial charge in [0.1, 0.15) is 0 Å². The fourth-order valence-electron chi connectivity index (χ4n) is 1.72. The second-order valence-corrected chi connectivity index (χ2v) is 5.23. The molecule has 7 nitrogen and oxygen atoms in total. The largest absolute Gasteiger partial charge is 0.354 e. The molecule has 0 atom stereocenters. The van der Waals surface area contributed by atoms with Crippen LogP contribution in [0.15, 0.2) is 6.20 Å². The Bertz CT molecular complexity index is 565. The SMILES string of the molecule is Cc1cnc(NC(=O)c2nc3n(n2)CCCN3)s1. The minimum Gasteiger partial charge on any atom is -0.354 e. The fraction of sp³-hybridized carbons (Fsp3) is 0.400. The van der Waals surface area contributed by atoms with Gasteiger partial charge in [-0.2, -0.15) is 4.98 Å². The summed E-state index contributed by atoms with van der Waals surface area (Å²) in [5, 5.41) is 10.5. The van der Waals surface area contributed by atoms with Crippen molar-refractivity contribution in [1.29, 1.82) is 0 Å². The van der Waals surface area contributed by atoms with Crippen LogP contribution in [-0.2, 0) is 6.54 Å². The molecular formula is C10H12N6OS. The molecular weight excluding hydrogens is 252 g/mol. The summed E-state index contributed by atoms with van der Waals surface area (Å²) < 4.78 is 1.71. The number of nitrogens with one attached hydrogen (secondary N) is 2. The lowest BCUT2D eigenvalue weighted by molar-refractivity contribution is 0.101. The highest BCUT2D eigenvalue weighted by Gasteiger charge is 2.19. The molecule has 0 radical (unpaired) electrons. The zero-order chi connectivity index (χ0) is 12.5. The number of rotatable bonds is 2. The van der Waals surface area contributed by atoms with Gasteiger partial charge in [-0.15, -0.1) is 16.4 Å². The summed E-state index contributed by atoms with van der Waals surface area (Å²) in [5.74, 6) is 0.502. The third-order valence-electron chi connectivity index (χ3n) is 2.55. The van der Waals surface area contributed by atoms with E-state index in [1.54, 1.807) is 10.9 Å². The van der Waals surface area contributed by atoms with Crippen LogP contribution in [0.25, 0.3) is 0 Å². The molecule has 0 spiro atoms. The summed E-state index contributed by atoms with van der Waals surface area (Å²) in [4.78, 5) is 21.2. The van der Waals surface area contributed by atoms with E-state index in [9.17, 15) is 4.79 Å². The number of nitrogens with zero attached hydrogens (tertiary/aromatic N) is 4. The number of hydrogen-bond donors (Lipinski definition) is 2. The minimum atomic E-state index is -0.326. The summed E-state index contributed by atoms with van der Waals surface area (Å²) in [6, 6.07) is 0. The molecule has 1 aliphatic rings. The van der Waals surface area contributed by atoms with Gasteiger partial charge in [-0.05, 0) is 13.3 Å². The number of carbonyl (C=O) groups is 1. The van der Waals surface area contributed by atoms with Crippen molar-refractivity contribution >= 4 is 28.3 Å². The lowest BCUT2D eigenvalue weighted by Crippen LogP contribution is -2.18. The van der Waals surface area contributed by atoms with Crippen molar-refractivity contribution < 1.29 is 4.79 Å². The first-order chi connectivity index (χ1) is 8.72. The Morgan fingerprint density at radius 2 is 2.50 bits per heavy atom. The summed E-state index contributed by atoms with van der Waals surface area (Å²) in [6.45, 7) is 3.59. The van der Waals surface area contributed by atoms with Gasteiger partial charge in [0.05, 0.1) is 0 Å². The average Bonchev–Trinajstić information content (AvgIpc) is 2.95. The Labute approximate surface area is 107 Å². The maximum absolute atomic E-state index is 11.9. The zero-order valence-electron chi connectivity index (χ0n) is 9.80. The number of anilines is 2. The molecule has 1 aliphatic heterocycles. The molecule has 8 heteroatoms. The number of hydrogen-bond acceptors (Lipinski definition) is 6. The summed E-state index contributed by atoms with van der Waals surface area (Å²) in [7, 11) is 0. The van der Waals surface area contributed by atoms with Crippen molar-refractivity contribution in [3.8, 4) is 0 Å². The highest BCUT2D eigenvalue weighted by Crippen LogP contribution is 2.17. The van der Waals surface area contributed by atoms with Gasteiger partial charge in [-0.25, -0.2) is 9.67 Å². The molecule has 3 rings (SSSR count). The van der Waals surface area contributed by atoms with Gasteiger partial charge in [-0.1, -0.05) is 0 Å². The molecule has 2 aromatic rings. The Hall–Kier alpha value is -1.96. The first-order valence-electron chi connectivity index (χ1n) is 5.65. The Kier molecular flexibility index (Phi) is 2.71. The molecule has 18 heavy (non-hydrogen) atoms. The molecule has 0 aliphatic carbocycles. The van der Waals surface area contributed by atoms with Gasteiger partial charge >= 0.3 is 0 Å². The van der Waals surface area contributed by atoms with Crippen molar-refractivity contribution in [2.24, 2.45) is 0 Å². The molecule has 0 fully saturated rings. The smallest absolute Gasteiger partial charge is 0.297 e.